The van der Waals surface area contributed by atoms with Gasteiger partial charge in [0.05, 0.1) is 6.54 Å². The fourth-order valence-corrected chi connectivity index (χ4v) is 0.984. The van der Waals surface area contributed by atoms with Gasteiger partial charge in [-0.2, -0.15) is 0 Å². The van der Waals surface area contributed by atoms with E-state index in [4.69, 9.17) is 5.73 Å². The molecule has 5 heteroatoms. The van der Waals surface area contributed by atoms with Crippen LogP contribution in [0.1, 0.15) is 33.0 Å². The zero-order chi connectivity index (χ0) is 9.90. The Morgan fingerprint density at radius 2 is 2.08 bits per heavy atom. The van der Waals surface area contributed by atoms with Crippen molar-refractivity contribution in [3.05, 3.63) is 5.82 Å². The van der Waals surface area contributed by atoms with Crippen molar-refractivity contribution >= 4 is 0 Å². The number of aryl methyl sites for hydroxylation is 1. The standard InChI is InChI=1S/C8H17N5/c1-8(2,3)4-5-13-7(6-9)10-11-12-13/h4-6,9H2,1-3H3. The minimum atomic E-state index is 0.303. The van der Waals surface area contributed by atoms with E-state index in [2.05, 4.69) is 36.3 Å². The topological polar surface area (TPSA) is 69.6 Å². The molecule has 0 aliphatic heterocycles. The molecule has 0 amide bonds. The highest BCUT2D eigenvalue weighted by Crippen LogP contribution is 2.18. The third kappa shape index (κ3) is 3.10. The maximum Gasteiger partial charge on any atom is 0.164 e. The van der Waals surface area contributed by atoms with Crippen molar-refractivity contribution in [1.29, 1.82) is 0 Å². The monoisotopic (exact) mass is 183 g/mol. The van der Waals surface area contributed by atoms with Crippen LogP contribution in [0.5, 0.6) is 0 Å². The molecule has 0 fully saturated rings. The van der Waals surface area contributed by atoms with Crippen molar-refractivity contribution in [2.24, 2.45) is 11.1 Å². The lowest BCUT2D eigenvalue weighted by Crippen LogP contribution is -2.15. The van der Waals surface area contributed by atoms with Crippen molar-refractivity contribution < 1.29 is 0 Å². The summed E-state index contributed by atoms with van der Waals surface area (Å²) in [5, 5.41) is 11.3. The van der Waals surface area contributed by atoms with Crippen LogP contribution in [0.4, 0.5) is 0 Å². The maximum atomic E-state index is 5.47. The van der Waals surface area contributed by atoms with Gasteiger partial charge < -0.3 is 5.73 Å². The molecule has 1 heterocycles. The number of nitrogens with zero attached hydrogens (tertiary/aromatic N) is 4. The molecule has 13 heavy (non-hydrogen) atoms. The molecule has 2 N–H and O–H groups in total. The van der Waals surface area contributed by atoms with Crippen LogP contribution in [0.25, 0.3) is 0 Å². The zero-order valence-corrected chi connectivity index (χ0v) is 8.49. The summed E-state index contributed by atoms with van der Waals surface area (Å²) < 4.78 is 1.77. The Morgan fingerprint density at radius 3 is 2.62 bits per heavy atom. The van der Waals surface area contributed by atoms with E-state index < -0.39 is 0 Å². The van der Waals surface area contributed by atoms with Crippen LogP contribution in [0, 0.1) is 5.41 Å². The molecule has 1 aromatic heterocycles. The van der Waals surface area contributed by atoms with Gasteiger partial charge >= 0.3 is 0 Å². The Morgan fingerprint density at radius 1 is 1.38 bits per heavy atom. The van der Waals surface area contributed by atoms with Crippen LogP contribution < -0.4 is 5.73 Å². The van der Waals surface area contributed by atoms with E-state index in [1.165, 1.54) is 0 Å². The number of rotatable bonds is 3. The second kappa shape index (κ2) is 3.83. The summed E-state index contributed by atoms with van der Waals surface area (Å²) in [7, 11) is 0. The smallest absolute Gasteiger partial charge is 0.164 e. The normalized spacial score (nSPS) is 12.0. The highest BCUT2D eigenvalue weighted by atomic mass is 15.5. The summed E-state index contributed by atoms with van der Waals surface area (Å²) in [6.07, 6.45) is 1.05. The van der Waals surface area contributed by atoms with E-state index in [-0.39, 0.29) is 0 Å². The molecule has 74 valence electrons. The molecule has 0 atom stereocenters. The van der Waals surface area contributed by atoms with Gasteiger partial charge in [0.2, 0.25) is 0 Å². The molecule has 0 unspecified atom stereocenters. The second-order valence-electron chi connectivity index (χ2n) is 4.33. The molecule has 0 radical (unpaired) electrons. The van der Waals surface area contributed by atoms with Gasteiger partial charge in [-0.25, -0.2) is 4.68 Å². The summed E-state index contributed by atoms with van der Waals surface area (Å²) in [6.45, 7) is 7.82. The van der Waals surface area contributed by atoms with Crippen LogP contribution in [0.2, 0.25) is 0 Å². The molecule has 0 saturated heterocycles. The average molecular weight is 183 g/mol. The quantitative estimate of drug-likeness (QED) is 0.743. The van der Waals surface area contributed by atoms with E-state index in [9.17, 15) is 0 Å². The van der Waals surface area contributed by atoms with E-state index >= 15 is 0 Å². The van der Waals surface area contributed by atoms with E-state index in [0.717, 1.165) is 18.8 Å². The second-order valence-corrected chi connectivity index (χ2v) is 4.33. The van der Waals surface area contributed by atoms with Gasteiger partial charge in [-0.15, -0.1) is 5.10 Å². The summed E-state index contributed by atoms with van der Waals surface area (Å²) in [4.78, 5) is 0. The van der Waals surface area contributed by atoms with Crippen molar-refractivity contribution in [2.75, 3.05) is 0 Å². The molecule has 1 rings (SSSR count). The maximum absolute atomic E-state index is 5.47. The van der Waals surface area contributed by atoms with Crippen LogP contribution in [0.3, 0.4) is 0 Å². The van der Waals surface area contributed by atoms with Crippen LogP contribution >= 0.6 is 0 Å². The lowest BCUT2D eigenvalue weighted by Gasteiger charge is -2.17. The Labute approximate surface area is 78.3 Å². The molecule has 5 nitrogen and oxygen atoms in total. The van der Waals surface area contributed by atoms with E-state index in [0.29, 0.717) is 12.0 Å². The molecule has 1 aromatic rings. The van der Waals surface area contributed by atoms with Crippen molar-refractivity contribution in [1.82, 2.24) is 20.2 Å². The molecular formula is C8H17N5. The largest absolute Gasteiger partial charge is 0.324 e. The van der Waals surface area contributed by atoms with Gasteiger partial charge in [-0.1, -0.05) is 20.8 Å². The first-order valence-corrected chi connectivity index (χ1v) is 4.48. The third-order valence-electron chi connectivity index (χ3n) is 1.86. The molecular weight excluding hydrogens is 166 g/mol. The zero-order valence-electron chi connectivity index (χ0n) is 8.49. The molecule has 0 spiro atoms. The SMILES string of the molecule is CC(C)(C)CCn1nnnc1CN. The lowest BCUT2D eigenvalue weighted by molar-refractivity contribution is 0.335. The lowest BCUT2D eigenvalue weighted by atomic mass is 9.92. The van der Waals surface area contributed by atoms with E-state index in [1.807, 2.05) is 0 Å². The predicted molar refractivity (Wildman–Crippen MR) is 49.8 cm³/mol. The van der Waals surface area contributed by atoms with Gasteiger partial charge in [0, 0.05) is 6.54 Å². The summed E-state index contributed by atoms with van der Waals surface area (Å²) in [6, 6.07) is 0. The Bertz CT molecular complexity index is 260. The highest BCUT2D eigenvalue weighted by molar-refractivity contribution is 4.78. The highest BCUT2D eigenvalue weighted by Gasteiger charge is 2.12. The number of aromatic nitrogens is 4. The average Bonchev–Trinajstić information content (AvgIpc) is 2.46. The Balaban J connectivity index is 2.54. The minimum absolute atomic E-state index is 0.303. The van der Waals surface area contributed by atoms with Crippen LogP contribution in [0.15, 0.2) is 0 Å². The molecule has 0 saturated carbocycles. The van der Waals surface area contributed by atoms with Crippen molar-refractivity contribution in [3.63, 3.8) is 0 Å². The first-order chi connectivity index (χ1) is 6.03. The summed E-state index contributed by atoms with van der Waals surface area (Å²) in [5.74, 6) is 0.754. The van der Waals surface area contributed by atoms with Crippen molar-refractivity contribution in [3.8, 4) is 0 Å². The predicted octanol–water partition coefficient (Wildman–Crippen LogP) is 0.568. The molecule has 0 bridgehead atoms. The van der Waals surface area contributed by atoms with Gasteiger partial charge in [-0.05, 0) is 22.3 Å². The minimum Gasteiger partial charge on any atom is -0.324 e. The fourth-order valence-electron chi connectivity index (χ4n) is 0.984. The number of tetrazole rings is 1. The van der Waals surface area contributed by atoms with Crippen molar-refractivity contribution in [2.45, 2.75) is 40.3 Å². The van der Waals surface area contributed by atoms with E-state index in [1.54, 1.807) is 4.68 Å². The van der Waals surface area contributed by atoms with Crippen LogP contribution in [-0.2, 0) is 13.1 Å². The summed E-state index contributed by atoms with van der Waals surface area (Å²) >= 11 is 0. The molecule has 0 aliphatic carbocycles. The van der Waals surface area contributed by atoms with Gasteiger partial charge in [0.25, 0.3) is 0 Å². The van der Waals surface area contributed by atoms with Gasteiger partial charge in [-0.3, -0.25) is 0 Å². The number of nitrogens with two attached hydrogens (primary N) is 1. The number of hydrogen-bond acceptors (Lipinski definition) is 4. The first kappa shape index (κ1) is 10.1. The Hall–Kier alpha value is -0.970. The van der Waals surface area contributed by atoms with Gasteiger partial charge in [0.15, 0.2) is 5.82 Å². The fraction of sp³-hybridized carbons (Fsp3) is 0.875. The van der Waals surface area contributed by atoms with Crippen LogP contribution in [-0.4, -0.2) is 20.2 Å². The molecule has 0 aliphatic rings. The first-order valence-electron chi connectivity index (χ1n) is 4.48. The third-order valence-corrected chi connectivity index (χ3v) is 1.86. The Kier molecular flexibility index (Phi) is 2.98. The van der Waals surface area contributed by atoms with Gasteiger partial charge in [0.1, 0.15) is 0 Å². The molecule has 0 aromatic carbocycles. The number of hydrogen-bond donors (Lipinski definition) is 1. The summed E-state index contributed by atoms with van der Waals surface area (Å²) in [5.41, 5.74) is 5.77.